The van der Waals surface area contributed by atoms with Gasteiger partial charge in [-0.05, 0) is 62.0 Å². The molecule has 0 saturated heterocycles. The van der Waals surface area contributed by atoms with Crippen LogP contribution in [0, 0.1) is 4.77 Å². The molecule has 1 aliphatic heterocycles. The average molecular weight is 394 g/mol. The Balaban J connectivity index is 2.25. The third-order valence-corrected chi connectivity index (χ3v) is 4.73. The number of nitrogens with zero attached hydrogens (tertiary/aromatic N) is 2. The zero-order chi connectivity index (χ0) is 18.3. The molecule has 0 aliphatic carbocycles. The highest BCUT2D eigenvalue weighted by molar-refractivity contribution is 7.71. The maximum Gasteiger partial charge on any atom is 0.262 e. The Kier molecular flexibility index (Phi) is 4.69. The number of hydrogen-bond donors (Lipinski definition) is 2. The first-order chi connectivity index (χ1) is 11.8. The summed E-state index contributed by atoms with van der Waals surface area (Å²) in [7, 11) is 0. The van der Waals surface area contributed by atoms with E-state index in [0.717, 1.165) is 17.0 Å². The summed E-state index contributed by atoms with van der Waals surface area (Å²) < 4.78 is 1.37. The highest BCUT2D eigenvalue weighted by atomic mass is 35.5. The molecule has 0 fully saturated rings. The van der Waals surface area contributed by atoms with Gasteiger partial charge in [-0.3, -0.25) is 19.3 Å². The third kappa shape index (κ3) is 3.33. The van der Waals surface area contributed by atoms with Crippen molar-refractivity contribution in [3.63, 3.8) is 0 Å². The Hall–Kier alpha value is -2.15. The van der Waals surface area contributed by atoms with Gasteiger partial charge in [-0.25, -0.2) is 0 Å². The predicted octanol–water partition coefficient (Wildman–Crippen LogP) is 4.67. The molecule has 2 N–H and O–H groups in total. The number of hydrogen-bond acceptors (Lipinski definition) is 4. The predicted molar refractivity (Wildman–Crippen MR) is 104 cm³/mol. The molecular weight excluding hydrogens is 381 g/mol. The summed E-state index contributed by atoms with van der Waals surface area (Å²) in [6.07, 6.45) is 3.41. The van der Waals surface area contributed by atoms with Gasteiger partial charge in [0.2, 0.25) is 5.88 Å². The summed E-state index contributed by atoms with van der Waals surface area (Å²) in [4.78, 5) is 19.2. The molecule has 2 aromatic rings. The summed E-state index contributed by atoms with van der Waals surface area (Å²) in [5.41, 5.74) is 2.41. The lowest BCUT2D eigenvalue weighted by molar-refractivity contribution is 0.432. The van der Waals surface area contributed by atoms with Gasteiger partial charge in [0.1, 0.15) is 5.56 Å². The second-order valence-electron chi connectivity index (χ2n) is 5.51. The van der Waals surface area contributed by atoms with Crippen LogP contribution in [0.2, 0.25) is 10.0 Å². The molecule has 8 heteroatoms. The maximum absolute atomic E-state index is 12.3. The van der Waals surface area contributed by atoms with Gasteiger partial charge in [0.15, 0.2) is 4.77 Å². The minimum absolute atomic E-state index is 0.0478. The monoisotopic (exact) mass is 393 g/mol. The number of aliphatic imine (C=N–C) groups is 1. The number of aromatic hydroxyl groups is 1. The summed E-state index contributed by atoms with van der Waals surface area (Å²) in [5, 5.41) is 11.4. The normalized spacial score (nSPS) is 15.4. The van der Waals surface area contributed by atoms with Gasteiger partial charge < -0.3 is 5.11 Å². The Labute approximate surface area is 158 Å². The van der Waals surface area contributed by atoms with Gasteiger partial charge in [0.05, 0.1) is 15.7 Å². The van der Waals surface area contributed by atoms with Gasteiger partial charge in [-0.2, -0.15) is 0 Å². The quantitative estimate of drug-likeness (QED) is 0.728. The molecule has 0 unspecified atom stereocenters. The van der Waals surface area contributed by atoms with Crippen molar-refractivity contribution in [2.75, 3.05) is 0 Å². The van der Waals surface area contributed by atoms with E-state index in [1.807, 2.05) is 19.9 Å². The van der Waals surface area contributed by atoms with Crippen molar-refractivity contribution in [3.8, 4) is 11.6 Å². The zero-order valence-corrected chi connectivity index (χ0v) is 15.6. The molecule has 1 aromatic carbocycles. The van der Waals surface area contributed by atoms with E-state index in [0.29, 0.717) is 15.7 Å². The van der Waals surface area contributed by atoms with E-state index in [-0.39, 0.29) is 16.2 Å². The third-order valence-electron chi connectivity index (χ3n) is 3.71. The van der Waals surface area contributed by atoms with Crippen LogP contribution in [-0.2, 0) is 0 Å². The summed E-state index contributed by atoms with van der Waals surface area (Å²) >= 11 is 17.2. The summed E-state index contributed by atoms with van der Waals surface area (Å²) in [5.74, 6) is -0.287. The lowest BCUT2D eigenvalue weighted by Crippen LogP contribution is -2.16. The minimum Gasteiger partial charge on any atom is -0.494 e. The van der Waals surface area contributed by atoms with E-state index < -0.39 is 5.56 Å². The van der Waals surface area contributed by atoms with Gasteiger partial charge in [0.25, 0.3) is 5.56 Å². The number of H-pyrrole nitrogens is 1. The molecule has 2 heterocycles. The second-order valence-corrected chi connectivity index (χ2v) is 6.71. The highest BCUT2D eigenvalue weighted by Gasteiger charge is 2.16. The van der Waals surface area contributed by atoms with Crippen molar-refractivity contribution < 1.29 is 5.11 Å². The summed E-state index contributed by atoms with van der Waals surface area (Å²) in [6, 6.07) is 4.79. The van der Waals surface area contributed by atoms with Crippen LogP contribution in [-0.4, -0.2) is 20.4 Å². The molecule has 0 atom stereocenters. The van der Waals surface area contributed by atoms with Crippen LogP contribution in [0.5, 0.6) is 5.88 Å². The summed E-state index contributed by atoms with van der Waals surface area (Å²) in [6.45, 7) is 3.69. The van der Waals surface area contributed by atoms with E-state index in [2.05, 4.69) is 9.98 Å². The number of aromatic amines is 1. The van der Waals surface area contributed by atoms with E-state index >= 15 is 0 Å². The lowest BCUT2D eigenvalue weighted by Gasteiger charge is -2.12. The Morgan fingerprint density at radius 3 is 2.60 bits per heavy atom. The van der Waals surface area contributed by atoms with E-state index in [1.54, 1.807) is 24.3 Å². The molecule has 0 radical (unpaired) electrons. The first-order valence-corrected chi connectivity index (χ1v) is 8.43. The molecular formula is C17H13Cl2N3O2S. The molecule has 0 saturated carbocycles. The van der Waals surface area contributed by atoms with Gasteiger partial charge in [-0.15, -0.1) is 0 Å². The fourth-order valence-corrected chi connectivity index (χ4v) is 3.10. The van der Waals surface area contributed by atoms with Gasteiger partial charge >= 0.3 is 0 Å². The molecule has 0 bridgehead atoms. The number of aromatic nitrogens is 2. The number of rotatable bonds is 2. The molecule has 1 aromatic heterocycles. The van der Waals surface area contributed by atoms with Crippen molar-refractivity contribution in [2.24, 2.45) is 4.99 Å². The van der Waals surface area contributed by atoms with Gasteiger partial charge in [0, 0.05) is 11.4 Å². The smallest absolute Gasteiger partial charge is 0.262 e. The minimum atomic E-state index is -0.489. The number of allylic oxidation sites excluding steroid dienone is 3. The van der Waals surface area contributed by atoms with Crippen LogP contribution in [0.4, 0.5) is 0 Å². The highest BCUT2D eigenvalue weighted by Crippen LogP contribution is 2.28. The van der Waals surface area contributed by atoms with Crippen LogP contribution in [0.25, 0.3) is 11.8 Å². The van der Waals surface area contributed by atoms with Gasteiger partial charge in [-0.1, -0.05) is 23.2 Å². The SMILES string of the molecule is CC1=CC(=Cc2c(O)n(-c3ccc(Cl)c(Cl)c3)c(=S)[nH]c2=O)C(C)=N1. The van der Waals surface area contributed by atoms with Crippen molar-refractivity contribution in [2.45, 2.75) is 13.8 Å². The van der Waals surface area contributed by atoms with Crippen LogP contribution < -0.4 is 5.56 Å². The van der Waals surface area contributed by atoms with Crippen LogP contribution in [0.1, 0.15) is 19.4 Å². The standard InChI is InChI=1S/C17H13Cl2N3O2S/c1-8-5-10(9(2)20-8)6-12-15(23)21-17(25)22(16(12)24)11-3-4-13(18)14(19)7-11/h3-7,24H,1-2H3,(H,21,23,25). The van der Waals surface area contributed by atoms with E-state index in [9.17, 15) is 9.90 Å². The van der Waals surface area contributed by atoms with Crippen molar-refractivity contribution in [1.29, 1.82) is 0 Å². The molecule has 25 heavy (non-hydrogen) atoms. The molecule has 0 amide bonds. The molecule has 1 aliphatic rings. The number of halogens is 2. The largest absolute Gasteiger partial charge is 0.494 e. The fourth-order valence-electron chi connectivity index (χ4n) is 2.52. The first-order valence-electron chi connectivity index (χ1n) is 7.27. The second kappa shape index (κ2) is 6.63. The topological polar surface area (TPSA) is 70.4 Å². The molecule has 3 rings (SSSR count). The Morgan fingerprint density at radius 1 is 1.28 bits per heavy atom. The average Bonchev–Trinajstić information content (AvgIpc) is 2.84. The van der Waals surface area contributed by atoms with Crippen molar-refractivity contribution in [3.05, 3.63) is 66.3 Å². The number of nitrogens with one attached hydrogen (secondary N) is 1. The Bertz CT molecular complexity index is 1090. The van der Waals surface area contributed by atoms with Crippen molar-refractivity contribution in [1.82, 2.24) is 9.55 Å². The fraction of sp³-hybridized carbons (Fsp3) is 0.118. The first kappa shape index (κ1) is 17.7. The van der Waals surface area contributed by atoms with Crippen LogP contribution >= 0.6 is 35.4 Å². The van der Waals surface area contributed by atoms with E-state index in [4.69, 9.17) is 35.4 Å². The molecule has 0 spiro atoms. The Morgan fingerprint density at radius 2 is 2.00 bits per heavy atom. The zero-order valence-electron chi connectivity index (χ0n) is 13.3. The lowest BCUT2D eigenvalue weighted by atomic mass is 10.1. The number of benzene rings is 1. The van der Waals surface area contributed by atoms with Crippen LogP contribution in [0.3, 0.4) is 0 Å². The molecule has 5 nitrogen and oxygen atoms in total. The van der Waals surface area contributed by atoms with Crippen molar-refractivity contribution >= 4 is 47.2 Å². The molecule has 128 valence electrons. The van der Waals surface area contributed by atoms with Crippen LogP contribution in [0.15, 0.2) is 45.3 Å². The van der Waals surface area contributed by atoms with E-state index in [1.165, 1.54) is 4.57 Å². The maximum atomic E-state index is 12.3.